The van der Waals surface area contributed by atoms with Crippen LogP contribution in [0, 0.1) is 0 Å². The number of nitrogens with zero attached hydrogens (tertiary/aromatic N) is 2. The van der Waals surface area contributed by atoms with Gasteiger partial charge in [-0.25, -0.2) is 4.98 Å². The van der Waals surface area contributed by atoms with Crippen LogP contribution in [0.2, 0.25) is 0 Å². The number of amides is 1. The average molecular weight is 366 g/mol. The van der Waals surface area contributed by atoms with Gasteiger partial charge in [-0.2, -0.15) is 0 Å². The normalized spacial score (nSPS) is 10.8. The molecule has 0 bridgehead atoms. The number of benzene rings is 1. The molecule has 0 aliphatic rings. The summed E-state index contributed by atoms with van der Waals surface area (Å²) in [6.45, 7) is 2.80. The van der Waals surface area contributed by atoms with E-state index >= 15 is 0 Å². The molecule has 0 atom stereocenters. The number of nitrogens with one attached hydrogen (secondary N) is 1. The Kier molecular flexibility index (Phi) is 6.12. The lowest BCUT2D eigenvalue weighted by atomic mass is 10.2. The number of carbonyl (C=O) groups excluding carboxylic acids is 1. The number of carbonyl (C=O) groups is 1. The van der Waals surface area contributed by atoms with Crippen LogP contribution in [0.4, 0.5) is 0 Å². The van der Waals surface area contributed by atoms with Gasteiger partial charge in [-0.3, -0.25) is 14.2 Å². The molecular formula is C16H20BrN3O2. The topological polar surface area (TPSA) is 64.0 Å². The number of aromatic nitrogens is 2. The van der Waals surface area contributed by atoms with Gasteiger partial charge >= 0.3 is 0 Å². The van der Waals surface area contributed by atoms with Gasteiger partial charge in [-0.15, -0.1) is 0 Å². The fourth-order valence-corrected chi connectivity index (χ4v) is 2.60. The van der Waals surface area contributed by atoms with Crippen molar-refractivity contribution in [2.24, 2.45) is 0 Å². The van der Waals surface area contributed by atoms with E-state index in [0.29, 0.717) is 17.4 Å². The summed E-state index contributed by atoms with van der Waals surface area (Å²) < 4.78 is 2.16. The van der Waals surface area contributed by atoms with E-state index in [4.69, 9.17) is 0 Å². The van der Waals surface area contributed by atoms with E-state index in [1.807, 2.05) is 6.07 Å². The molecule has 0 saturated carbocycles. The standard InChI is InChI=1S/C16H20BrN3O2/c1-2-3-4-5-8-18-15(21)10-20-11-19-14-7-6-12(17)9-13(14)16(20)22/h6-7,9,11H,2-5,8,10H2,1H3,(H,18,21). The zero-order valence-corrected chi connectivity index (χ0v) is 14.2. The third kappa shape index (κ3) is 4.40. The molecule has 0 spiro atoms. The summed E-state index contributed by atoms with van der Waals surface area (Å²) >= 11 is 3.34. The van der Waals surface area contributed by atoms with Crippen molar-refractivity contribution in [2.45, 2.75) is 39.2 Å². The summed E-state index contributed by atoms with van der Waals surface area (Å²) in [5.41, 5.74) is 0.428. The molecule has 1 aromatic heterocycles. The predicted octanol–water partition coefficient (Wildman–Crippen LogP) is 2.86. The minimum Gasteiger partial charge on any atom is -0.355 e. The largest absolute Gasteiger partial charge is 0.355 e. The smallest absolute Gasteiger partial charge is 0.261 e. The van der Waals surface area contributed by atoms with Crippen LogP contribution in [-0.4, -0.2) is 22.0 Å². The highest BCUT2D eigenvalue weighted by Crippen LogP contribution is 2.14. The van der Waals surface area contributed by atoms with Crippen molar-refractivity contribution in [3.63, 3.8) is 0 Å². The third-order valence-corrected chi connectivity index (χ3v) is 3.95. The minimum atomic E-state index is -0.201. The van der Waals surface area contributed by atoms with Crippen LogP contribution in [0.5, 0.6) is 0 Å². The molecule has 2 aromatic rings. The van der Waals surface area contributed by atoms with Crippen molar-refractivity contribution in [3.8, 4) is 0 Å². The average Bonchev–Trinajstić information content (AvgIpc) is 2.50. The molecule has 0 aliphatic heterocycles. The fraction of sp³-hybridized carbons (Fsp3) is 0.438. The molecule has 5 nitrogen and oxygen atoms in total. The predicted molar refractivity (Wildman–Crippen MR) is 90.9 cm³/mol. The molecule has 0 unspecified atom stereocenters. The van der Waals surface area contributed by atoms with Gasteiger partial charge in [0, 0.05) is 11.0 Å². The van der Waals surface area contributed by atoms with Gasteiger partial charge in [0.05, 0.1) is 17.2 Å². The molecule has 2 rings (SSSR count). The van der Waals surface area contributed by atoms with E-state index in [0.717, 1.165) is 17.3 Å². The van der Waals surface area contributed by atoms with Crippen LogP contribution in [0.3, 0.4) is 0 Å². The van der Waals surface area contributed by atoms with Gasteiger partial charge in [-0.05, 0) is 24.6 Å². The number of unbranched alkanes of at least 4 members (excludes halogenated alkanes) is 3. The fourth-order valence-electron chi connectivity index (χ4n) is 2.23. The van der Waals surface area contributed by atoms with Gasteiger partial charge in [0.15, 0.2) is 0 Å². The van der Waals surface area contributed by atoms with E-state index < -0.39 is 0 Å². The van der Waals surface area contributed by atoms with E-state index in [1.165, 1.54) is 23.7 Å². The highest BCUT2D eigenvalue weighted by Gasteiger charge is 2.08. The maximum atomic E-state index is 12.4. The third-order valence-electron chi connectivity index (χ3n) is 3.45. The Bertz CT molecular complexity index is 712. The number of hydrogen-bond donors (Lipinski definition) is 1. The van der Waals surface area contributed by atoms with Crippen LogP contribution in [-0.2, 0) is 11.3 Å². The minimum absolute atomic E-state index is 0.00205. The maximum Gasteiger partial charge on any atom is 0.261 e. The Morgan fingerprint density at radius 3 is 2.91 bits per heavy atom. The highest BCUT2D eigenvalue weighted by molar-refractivity contribution is 9.10. The second kappa shape index (κ2) is 8.08. The van der Waals surface area contributed by atoms with Gasteiger partial charge in [0.2, 0.25) is 5.91 Å². The summed E-state index contributed by atoms with van der Waals surface area (Å²) in [5.74, 6) is -0.158. The molecule has 0 fully saturated rings. The van der Waals surface area contributed by atoms with Gasteiger partial charge < -0.3 is 5.32 Å². The summed E-state index contributed by atoms with van der Waals surface area (Å²) in [7, 11) is 0. The van der Waals surface area contributed by atoms with E-state index in [2.05, 4.69) is 33.2 Å². The first kappa shape index (κ1) is 16.7. The van der Waals surface area contributed by atoms with Crippen LogP contribution in [0.25, 0.3) is 10.9 Å². The zero-order chi connectivity index (χ0) is 15.9. The molecular weight excluding hydrogens is 346 g/mol. The Labute approximate surface area is 137 Å². The Hall–Kier alpha value is -1.69. The molecule has 1 aromatic carbocycles. The Balaban J connectivity index is 2.01. The summed E-state index contributed by atoms with van der Waals surface area (Å²) in [6, 6.07) is 5.34. The van der Waals surface area contributed by atoms with Crippen molar-refractivity contribution < 1.29 is 4.79 Å². The van der Waals surface area contributed by atoms with E-state index in [-0.39, 0.29) is 18.0 Å². The zero-order valence-electron chi connectivity index (χ0n) is 12.6. The summed E-state index contributed by atoms with van der Waals surface area (Å²) in [4.78, 5) is 28.5. The van der Waals surface area contributed by atoms with Crippen molar-refractivity contribution in [1.29, 1.82) is 0 Å². The molecule has 0 radical (unpaired) electrons. The highest BCUT2D eigenvalue weighted by atomic mass is 79.9. The first-order valence-electron chi connectivity index (χ1n) is 7.53. The van der Waals surface area contributed by atoms with Crippen LogP contribution >= 0.6 is 15.9 Å². The van der Waals surface area contributed by atoms with Gasteiger partial charge in [-0.1, -0.05) is 42.1 Å². The second-order valence-electron chi connectivity index (χ2n) is 5.25. The first-order valence-corrected chi connectivity index (χ1v) is 8.32. The van der Waals surface area contributed by atoms with Crippen LogP contribution < -0.4 is 10.9 Å². The molecule has 0 aliphatic carbocycles. The summed E-state index contributed by atoms with van der Waals surface area (Å²) in [6.07, 6.45) is 5.86. The lowest BCUT2D eigenvalue weighted by molar-refractivity contribution is -0.121. The molecule has 0 saturated heterocycles. The lowest BCUT2D eigenvalue weighted by Gasteiger charge is -2.08. The molecule has 1 N–H and O–H groups in total. The molecule has 6 heteroatoms. The quantitative estimate of drug-likeness (QED) is 0.767. The Morgan fingerprint density at radius 1 is 1.32 bits per heavy atom. The van der Waals surface area contributed by atoms with E-state index in [1.54, 1.807) is 12.1 Å². The van der Waals surface area contributed by atoms with E-state index in [9.17, 15) is 9.59 Å². The maximum absolute atomic E-state index is 12.4. The molecule has 118 valence electrons. The number of rotatable bonds is 7. The number of hydrogen-bond acceptors (Lipinski definition) is 3. The van der Waals surface area contributed by atoms with Crippen molar-refractivity contribution in [3.05, 3.63) is 39.4 Å². The Morgan fingerprint density at radius 2 is 2.14 bits per heavy atom. The number of halogens is 1. The van der Waals surface area contributed by atoms with Crippen LogP contribution in [0.15, 0.2) is 33.8 Å². The van der Waals surface area contributed by atoms with Crippen molar-refractivity contribution in [2.75, 3.05) is 6.54 Å². The second-order valence-corrected chi connectivity index (χ2v) is 6.17. The molecule has 1 heterocycles. The lowest BCUT2D eigenvalue weighted by Crippen LogP contribution is -2.33. The van der Waals surface area contributed by atoms with Gasteiger partial charge in [0.1, 0.15) is 6.54 Å². The monoisotopic (exact) mass is 365 g/mol. The summed E-state index contributed by atoms with van der Waals surface area (Å²) in [5, 5.41) is 3.35. The molecule has 1 amide bonds. The van der Waals surface area contributed by atoms with Crippen LogP contribution in [0.1, 0.15) is 32.6 Å². The SMILES string of the molecule is CCCCCCNC(=O)Cn1cnc2ccc(Br)cc2c1=O. The van der Waals surface area contributed by atoms with Gasteiger partial charge in [0.25, 0.3) is 5.56 Å². The van der Waals surface area contributed by atoms with Crippen molar-refractivity contribution in [1.82, 2.24) is 14.9 Å². The van der Waals surface area contributed by atoms with Crippen molar-refractivity contribution >= 4 is 32.7 Å². The number of fused-ring (bicyclic) bond motifs is 1. The molecule has 22 heavy (non-hydrogen) atoms. The first-order chi connectivity index (χ1) is 10.6.